The van der Waals surface area contributed by atoms with E-state index in [4.69, 9.17) is 11.6 Å². The Morgan fingerprint density at radius 2 is 2.00 bits per heavy atom. The van der Waals surface area contributed by atoms with Gasteiger partial charge in [0.25, 0.3) is 0 Å². The van der Waals surface area contributed by atoms with Gasteiger partial charge in [-0.2, -0.15) is 0 Å². The summed E-state index contributed by atoms with van der Waals surface area (Å²) in [4.78, 5) is 4.13. The van der Waals surface area contributed by atoms with Gasteiger partial charge in [0.05, 0.1) is 0 Å². The highest BCUT2D eigenvalue weighted by atomic mass is 35.5. The molecule has 0 spiro atoms. The molecule has 0 saturated heterocycles. The average Bonchev–Trinajstić information content (AvgIpc) is 2.63. The van der Waals surface area contributed by atoms with Gasteiger partial charge < -0.3 is 0 Å². The van der Waals surface area contributed by atoms with Crippen LogP contribution in [0.2, 0.25) is 5.15 Å². The maximum absolute atomic E-state index is 5.85. The zero-order valence-electron chi connectivity index (χ0n) is 6.76. The van der Waals surface area contributed by atoms with Crippen LogP contribution in [0.15, 0.2) is 12.3 Å². The van der Waals surface area contributed by atoms with Gasteiger partial charge in [0.2, 0.25) is 0 Å². The molecule has 1 aromatic rings. The molecule has 1 aromatic heterocycles. The summed E-state index contributed by atoms with van der Waals surface area (Å²) in [5.74, 6) is 1.60. The van der Waals surface area contributed by atoms with Gasteiger partial charge in [-0.05, 0) is 48.3 Å². The zero-order chi connectivity index (χ0) is 8.13. The highest BCUT2D eigenvalue weighted by Crippen LogP contribution is 2.52. The van der Waals surface area contributed by atoms with E-state index in [2.05, 4.69) is 11.1 Å². The number of rotatable bonds is 0. The molecule has 0 aliphatic heterocycles. The van der Waals surface area contributed by atoms with Crippen molar-refractivity contribution in [3.8, 4) is 0 Å². The maximum Gasteiger partial charge on any atom is 0.129 e. The van der Waals surface area contributed by atoms with E-state index in [0.29, 0.717) is 5.15 Å². The molecule has 0 N–H and O–H groups in total. The fraction of sp³-hybridized carbons (Fsp3) is 0.500. The Morgan fingerprint density at radius 1 is 1.25 bits per heavy atom. The first-order valence-electron chi connectivity index (χ1n) is 4.50. The van der Waals surface area contributed by atoms with E-state index in [1.807, 2.05) is 6.20 Å². The van der Waals surface area contributed by atoms with Crippen molar-refractivity contribution >= 4 is 11.6 Å². The van der Waals surface area contributed by atoms with E-state index in [9.17, 15) is 0 Å². The van der Waals surface area contributed by atoms with Crippen LogP contribution >= 0.6 is 11.6 Å². The van der Waals surface area contributed by atoms with E-state index in [1.165, 1.54) is 30.4 Å². The summed E-state index contributed by atoms with van der Waals surface area (Å²) < 4.78 is 0. The van der Waals surface area contributed by atoms with Gasteiger partial charge in [-0.15, -0.1) is 0 Å². The Bertz CT molecular complexity index is 335. The quantitative estimate of drug-likeness (QED) is 0.558. The molecule has 62 valence electrons. The lowest BCUT2D eigenvalue weighted by molar-refractivity contribution is 0.713. The van der Waals surface area contributed by atoms with E-state index >= 15 is 0 Å². The molecule has 2 bridgehead atoms. The van der Waals surface area contributed by atoms with Gasteiger partial charge in [-0.25, -0.2) is 4.98 Å². The SMILES string of the molecule is Clc1cc2c(cn1)C1CC[C@H]2C1. The van der Waals surface area contributed by atoms with Crippen LogP contribution in [0.4, 0.5) is 0 Å². The summed E-state index contributed by atoms with van der Waals surface area (Å²) in [6.07, 6.45) is 6.04. The molecule has 1 fully saturated rings. The van der Waals surface area contributed by atoms with Crippen molar-refractivity contribution in [2.75, 3.05) is 0 Å². The lowest BCUT2D eigenvalue weighted by Gasteiger charge is -2.13. The Hall–Kier alpha value is -0.560. The van der Waals surface area contributed by atoms with Crippen LogP contribution in [0.25, 0.3) is 0 Å². The van der Waals surface area contributed by atoms with E-state index in [-0.39, 0.29) is 0 Å². The molecule has 1 nitrogen and oxygen atoms in total. The average molecular weight is 180 g/mol. The van der Waals surface area contributed by atoms with E-state index in [0.717, 1.165) is 11.8 Å². The molecule has 0 aromatic carbocycles. The summed E-state index contributed by atoms with van der Waals surface area (Å²) in [6.45, 7) is 0. The first-order chi connectivity index (χ1) is 5.84. The second-order valence-electron chi connectivity index (χ2n) is 3.84. The molecule has 0 radical (unpaired) electrons. The summed E-state index contributed by atoms with van der Waals surface area (Å²) in [5.41, 5.74) is 2.95. The van der Waals surface area contributed by atoms with Gasteiger partial charge >= 0.3 is 0 Å². The van der Waals surface area contributed by atoms with Gasteiger partial charge in [0.15, 0.2) is 0 Å². The maximum atomic E-state index is 5.85. The Kier molecular flexibility index (Phi) is 1.28. The summed E-state index contributed by atoms with van der Waals surface area (Å²) in [5, 5.41) is 0.654. The fourth-order valence-corrected chi connectivity index (χ4v) is 2.86. The van der Waals surface area contributed by atoms with Gasteiger partial charge in [-0.3, -0.25) is 0 Å². The molecule has 2 aliphatic carbocycles. The number of halogens is 1. The highest BCUT2D eigenvalue weighted by Gasteiger charge is 2.36. The van der Waals surface area contributed by atoms with Crippen molar-refractivity contribution in [3.63, 3.8) is 0 Å². The molecule has 12 heavy (non-hydrogen) atoms. The number of nitrogens with zero attached hydrogens (tertiary/aromatic N) is 1. The predicted octanol–water partition coefficient (Wildman–Crippen LogP) is 3.10. The number of aromatic nitrogens is 1. The van der Waals surface area contributed by atoms with Crippen LogP contribution in [0.1, 0.15) is 42.2 Å². The first kappa shape index (κ1) is 6.90. The molecule has 3 rings (SSSR count). The molecule has 1 unspecified atom stereocenters. The van der Waals surface area contributed by atoms with Crippen LogP contribution in [0.5, 0.6) is 0 Å². The third-order valence-corrected chi connectivity index (χ3v) is 3.45. The lowest BCUT2D eigenvalue weighted by Crippen LogP contribution is -1.98. The molecular weight excluding hydrogens is 170 g/mol. The van der Waals surface area contributed by atoms with E-state index in [1.54, 1.807) is 0 Å². The second-order valence-corrected chi connectivity index (χ2v) is 4.23. The van der Waals surface area contributed by atoms with Crippen LogP contribution < -0.4 is 0 Å². The number of fused-ring (bicyclic) bond motifs is 5. The molecule has 2 aliphatic rings. The smallest absolute Gasteiger partial charge is 0.129 e. The molecule has 1 heterocycles. The number of hydrogen-bond donors (Lipinski definition) is 0. The summed E-state index contributed by atoms with van der Waals surface area (Å²) >= 11 is 5.85. The van der Waals surface area contributed by atoms with Gasteiger partial charge in [-0.1, -0.05) is 11.6 Å². The topological polar surface area (TPSA) is 12.9 Å². The van der Waals surface area contributed by atoms with Gasteiger partial charge in [0, 0.05) is 6.20 Å². The van der Waals surface area contributed by atoms with Crippen LogP contribution in [0.3, 0.4) is 0 Å². The molecule has 2 heteroatoms. The Balaban J connectivity index is 2.20. The Labute approximate surface area is 76.8 Å². The van der Waals surface area contributed by atoms with Crippen molar-refractivity contribution in [2.24, 2.45) is 0 Å². The first-order valence-corrected chi connectivity index (χ1v) is 4.88. The standard InChI is InChI=1S/C10H10ClN/c11-10-4-8-6-1-2-7(3-6)9(8)5-12-10/h4-7H,1-3H2/t6-,7?/m0/s1. The number of pyridine rings is 1. The van der Waals surface area contributed by atoms with Crippen molar-refractivity contribution in [2.45, 2.75) is 31.1 Å². The van der Waals surface area contributed by atoms with Crippen molar-refractivity contribution < 1.29 is 0 Å². The third-order valence-electron chi connectivity index (χ3n) is 3.25. The minimum absolute atomic E-state index is 0.654. The van der Waals surface area contributed by atoms with Crippen LogP contribution in [-0.4, -0.2) is 4.98 Å². The Morgan fingerprint density at radius 3 is 2.83 bits per heavy atom. The summed E-state index contributed by atoms with van der Waals surface area (Å²) in [7, 11) is 0. The molecular formula is C10H10ClN. The molecule has 0 amide bonds. The predicted molar refractivity (Wildman–Crippen MR) is 48.6 cm³/mol. The molecule has 1 saturated carbocycles. The molecule has 2 atom stereocenters. The van der Waals surface area contributed by atoms with E-state index < -0.39 is 0 Å². The summed E-state index contributed by atoms with van der Waals surface area (Å²) in [6, 6.07) is 2.06. The normalized spacial score (nSPS) is 30.8. The lowest BCUT2D eigenvalue weighted by atomic mass is 9.94. The van der Waals surface area contributed by atoms with Crippen molar-refractivity contribution in [1.29, 1.82) is 0 Å². The minimum atomic E-state index is 0.654. The third kappa shape index (κ3) is 0.776. The largest absolute Gasteiger partial charge is 0.244 e. The minimum Gasteiger partial charge on any atom is -0.244 e. The fourth-order valence-electron chi connectivity index (χ4n) is 2.70. The number of hydrogen-bond acceptors (Lipinski definition) is 1. The second kappa shape index (κ2) is 2.23. The monoisotopic (exact) mass is 179 g/mol. The van der Waals surface area contributed by atoms with Crippen LogP contribution in [0, 0.1) is 0 Å². The highest BCUT2D eigenvalue weighted by molar-refractivity contribution is 6.29. The van der Waals surface area contributed by atoms with Crippen molar-refractivity contribution in [1.82, 2.24) is 4.98 Å². The van der Waals surface area contributed by atoms with Crippen LogP contribution in [-0.2, 0) is 0 Å². The zero-order valence-corrected chi connectivity index (χ0v) is 7.51. The van der Waals surface area contributed by atoms with Crippen molar-refractivity contribution in [3.05, 3.63) is 28.5 Å². The van der Waals surface area contributed by atoms with Gasteiger partial charge in [0.1, 0.15) is 5.15 Å².